The standard InChI is InChI=1S/C28H26N2O4/c1-28(2,3)24-18-30(25(31)21-9-5-4-6-10-21)27(34)29(24)17-19-13-15-20(16-14-19)22-11-7-8-12-23(22)26(32)33/h4-16,18H,17H2,1-3H3,(H,32,33). The summed E-state index contributed by atoms with van der Waals surface area (Å²) in [6.45, 7) is 6.30. The minimum atomic E-state index is -0.981. The van der Waals surface area contributed by atoms with E-state index in [1.165, 1.54) is 4.57 Å². The van der Waals surface area contributed by atoms with Crippen molar-refractivity contribution in [3.63, 3.8) is 0 Å². The molecule has 4 rings (SSSR count). The van der Waals surface area contributed by atoms with Gasteiger partial charge in [-0.1, -0.05) is 81.4 Å². The Bertz CT molecular complexity index is 1410. The normalized spacial score (nSPS) is 11.4. The molecule has 3 aromatic carbocycles. The van der Waals surface area contributed by atoms with Crippen LogP contribution < -0.4 is 5.69 Å². The van der Waals surface area contributed by atoms with Crippen LogP contribution in [0.5, 0.6) is 0 Å². The van der Waals surface area contributed by atoms with E-state index in [-0.39, 0.29) is 22.6 Å². The predicted molar refractivity (Wildman–Crippen MR) is 132 cm³/mol. The number of carboxylic acids is 1. The first-order chi connectivity index (χ1) is 16.2. The van der Waals surface area contributed by atoms with Crippen molar-refractivity contribution < 1.29 is 14.7 Å². The number of carboxylic acid groups (broad SMARTS) is 1. The molecule has 0 fully saturated rings. The topological polar surface area (TPSA) is 81.3 Å². The molecule has 4 aromatic rings. The molecule has 6 nitrogen and oxygen atoms in total. The van der Waals surface area contributed by atoms with E-state index in [2.05, 4.69) is 0 Å². The molecular weight excluding hydrogens is 428 g/mol. The molecule has 0 radical (unpaired) electrons. The fraction of sp³-hybridized carbons (Fsp3) is 0.179. The Morgan fingerprint density at radius 1 is 0.853 bits per heavy atom. The van der Waals surface area contributed by atoms with Gasteiger partial charge in [0.25, 0.3) is 5.91 Å². The Kier molecular flexibility index (Phi) is 6.07. The van der Waals surface area contributed by atoms with Gasteiger partial charge in [0.15, 0.2) is 0 Å². The Labute approximate surface area is 197 Å². The Hall–Kier alpha value is -4.19. The maximum absolute atomic E-state index is 13.3. The average Bonchev–Trinajstić information content (AvgIpc) is 3.16. The molecule has 1 heterocycles. The van der Waals surface area contributed by atoms with Gasteiger partial charge in [-0.2, -0.15) is 0 Å². The van der Waals surface area contributed by atoms with Crippen LogP contribution in [-0.4, -0.2) is 26.1 Å². The monoisotopic (exact) mass is 454 g/mol. The fourth-order valence-electron chi connectivity index (χ4n) is 3.99. The molecule has 34 heavy (non-hydrogen) atoms. The Balaban J connectivity index is 1.70. The lowest BCUT2D eigenvalue weighted by molar-refractivity contribution is 0.0697. The second kappa shape index (κ2) is 8.98. The highest BCUT2D eigenvalue weighted by molar-refractivity contribution is 5.96. The Morgan fingerprint density at radius 3 is 2.09 bits per heavy atom. The van der Waals surface area contributed by atoms with Crippen molar-refractivity contribution in [2.24, 2.45) is 0 Å². The van der Waals surface area contributed by atoms with Crippen molar-refractivity contribution in [2.75, 3.05) is 0 Å². The van der Waals surface area contributed by atoms with Gasteiger partial charge >= 0.3 is 11.7 Å². The second-order valence-corrected chi connectivity index (χ2v) is 9.22. The molecule has 0 aliphatic rings. The molecule has 6 heteroatoms. The van der Waals surface area contributed by atoms with Crippen molar-refractivity contribution in [1.29, 1.82) is 0 Å². The molecule has 0 spiro atoms. The molecule has 0 atom stereocenters. The number of hydrogen-bond acceptors (Lipinski definition) is 3. The minimum Gasteiger partial charge on any atom is -0.478 e. The molecule has 0 aliphatic heterocycles. The molecule has 0 unspecified atom stereocenters. The molecule has 0 bridgehead atoms. The van der Waals surface area contributed by atoms with Crippen LogP contribution in [0.3, 0.4) is 0 Å². The summed E-state index contributed by atoms with van der Waals surface area (Å²) in [4.78, 5) is 37.9. The maximum atomic E-state index is 13.3. The molecule has 172 valence electrons. The van der Waals surface area contributed by atoms with E-state index in [1.807, 2.05) is 51.1 Å². The number of carbonyl (C=O) groups is 2. The zero-order chi connectivity index (χ0) is 24.5. The van der Waals surface area contributed by atoms with Crippen LogP contribution in [0.25, 0.3) is 11.1 Å². The number of imidazole rings is 1. The summed E-state index contributed by atoms with van der Waals surface area (Å²) in [5, 5.41) is 9.48. The molecule has 1 aromatic heterocycles. The molecule has 0 amide bonds. The highest BCUT2D eigenvalue weighted by Gasteiger charge is 2.25. The number of carbonyl (C=O) groups excluding carboxylic acids is 1. The highest BCUT2D eigenvalue weighted by Crippen LogP contribution is 2.26. The van der Waals surface area contributed by atoms with E-state index in [9.17, 15) is 19.5 Å². The van der Waals surface area contributed by atoms with Gasteiger partial charge in [0.2, 0.25) is 0 Å². The summed E-state index contributed by atoms with van der Waals surface area (Å²) in [6.07, 6.45) is 1.63. The first kappa shape index (κ1) is 23.0. The van der Waals surface area contributed by atoms with Crippen molar-refractivity contribution in [1.82, 2.24) is 9.13 Å². The van der Waals surface area contributed by atoms with Gasteiger partial charge in [0.05, 0.1) is 12.1 Å². The summed E-state index contributed by atoms with van der Waals surface area (Å²) in [7, 11) is 0. The van der Waals surface area contributed by atoms with Crippen LogP contribution in [0.4, 0.5) is 0 Å². The number of aromatic carboxylic acids is 1. The van der Waals surface area contributed by atoms with E-state index < -0.39 is 5.97 Å². The number of nitrogens with zero attached hydrogens (tertiary/aromatic N) is 2. The summed E-state index contributed by atoms with van der Waals surface area (Å²) in [5.74, 6) is -1.35. The predicted octanol–water partition coefficient (Wildman–Crippen LogP) is 5.05. The fourth-order valence-corrected chi connectivity index (χ4v) is 3.99. The smallest absolute Gasteiger partial charge is 0.336 e. The molecule has 0 saturated heterocycles. The van der Waals surface area contributed by atoms with E-state index in [0.717, 1.165) is 16.8 Å². The first-order valence-corrected chi connectivity index (χ1v) is 11.0. The maximum Gasteiger partial charge on any atom is 0.336 e. The Morgan fingerprint density at radius 2 is 1.47 bits per heavy atom. The van der Waals surface area contributed by atoms with Crippen LogP contribution >= 0.6 is 0 Å². The molecule has 1 N–H and O–H groups in total. The average molecular weight is 455 g/mol. The number of rotatable bonds is 5. The van der Waals surface area contributed by atoms with Crippen molar-refractivity contribution >= 4 is 11.9 Å². The lowest BCUT2D eigenvalue weighted by Crippen LogP contribution is -2.31. The van der Waals surface area contributed by atoms with Gasteiger partial charge < -0.3 is 5.11 Å². The van der Waals surface area contributed by atoms with Gasteiger partial charge in [0, 0.05) is 22.9 Å². The molecule has 0 aliphatic carbocycles. The summed E-state index contributed by atoms with van der Waals surface area (Å²) in [6, 6.07) is 23.1. The summed E-state index contributed by atoms with van der Waals surface area (Å²) >= 11 is 0. The number of aromatic nitrogens is 2. The van der Waals surface area contributed by atoms with Gasteiger partial charge in [-0.15, -0.1) is 0 Å². The number of benzene rings is 3. The first-order valence-electron chi connectivity index (χ1n) is 11.0. The van der Waals surface area contributed by atoms with Gasteiger partial charge in [-0.25, -0.2) is 14.2 Å². The van der Waals surface area contributed by atoms with E-state index in [0.29, 0.717) is 17.7 Å². The third-order valence-corrected chi connectivity index (χ3v) is 5.75. The minimum absolute atomic E-state index is 0.234. The molecule has 0 saturated carbocycles. The SMILES string of the molecule is CC(C)(C)c1cn(C(=O)c2ccccc2)c(=O)n1Cc1ccc(-c2ccccc2C(=O)O)cc1. The summed E-state index contributed by atoms with van der Waals surface area (Å²) < 4.78 is 2.80. The third-order valence-electron chi connectivity index (χ3n) is 5.75. The van der Waals surface area contributed by atoms with Gasteiger partial charge in [-0.3, -0.25) is 9.36 Å². The lowest BCUT2D eigenvalue weighted by atomic mass is 9.92. The zero-order valence-corrected chi connectivity index (χ0v) is 19.4. The van der Waals surface area contributed by atoms with Crippen LogP contribution in [0.1, 0.15) is 52.7 Å². The van der Waals surface area contributed by atoms with Crippen LogP contribution in [0.2, 0.25) is 0 Å². The zero-order valence-electron chi connectivity index (χ0n) is 19.4. The van der Waals surface area contributed by atoms with Gasteiger partial charge in [-0.05, 0) is 34.9 Å². The summed E-state index contributed by atoms with van der Waals surface area (Å²) in [5.41, 5.74) is 2.97. The van der Waals surface area contributed by atoms with E-state index in [4.69, 9.17) is 0 Å². The van der Waals surface area contributed by atoms with Crippen LogP contribution in [-0.2, 0) is 12.0 Å². The lowest BCUT2D eigenvalue weighted by Gasteiger charge is -2.20. The van der Waals surface area contributed by atoms with Crippen LogP contribution in [0, 0.1) is 0 Å². The number of hydrogen-bond donors (Lipinski definition) is 1. The second-order valence-electron chi connectivity index (χ2n) is 9.22. The molecular formula is C28H26N2O4. The van der Waals surface area contributed by atoms with Gasteiger partial charge in [0.1, 0.15) is 0 Å². The van der Waals surface area contributed by atoms with Crippen molar-refractivity contribution in [2.45, 2.75) is 32.7 Å². The largest absolute Gasteiger partial charge is 0.478 e. The van der Waals surface area contributed by atoms with Crippen molar-refractivity contribution in [3.05, 3.63) is 118 Å². The van der Waals surface area contributed by atoms with Crippen LogP contribution in [0.15, 0.2) is 89.9 Å². The quantitative estimate of drug-likeness (QED) is 0.458. The van der Waals surface area contributed by atoms with Crippen molar-refractivity contribution in [3.8, 4) is 11.1 Å². The third kappa shape index (κ3) is 4.48. The van der Waals surface area contributed by atoms with E-state index >= 15 is 0 Å². The van der Waals surface area contributed by atoms with E-state index in [1.54, 1.807) is 59.3 Å². The highest BCUT2D eigenvalue weighted by atomic mass is 16.4.